The lowest BCUT2D eigenvalue weighted by molar-refractivity contribution is 0.172. The van der Waals surface area contributed by atoms with Crippen molar-refractivity contribution >= 4 is 5.69 Å². The Morgan fingerprint density at radius 1 is 1.28 bits per heavy atom. The molecule has 0 amide bonds. The smallest absolute Gasteiger partial charge is 0.0610 e. The van der Waals surface area contributed by atoms with Crippen LogP contribution in [0.3, 0.4) is 0 Å². The van der Waals surface area contributed by atoms with Crippen molar-refractivity contribution in [2.45, 2.75) is 32.2 Å². The van der Waals surface area contributed by atoms with Gasteiger partial charge in [0, 0.05) is 24.3 Å². The van der Waals surface area contributed by atoms with Gasteiger partial charge in [-0.2, -0.15) is 0 Å². The molecule has 0 bridgehead atoms. The Morgan fingerprint density at radius 2 is 1.94 bits per heavy atom. The Balaban J connectivity index is 2.46. The van der Waals surface area contributed by atoms with Gasteiger partial charge in [-0.1, -0.05) is 18.2 Å². The number of para-hydroxylation sites is 1. The first kappa shape index (κ1) is 15.0. The van der Waals surface area contributed by atoms with E-state index in [1.165, 1.54) is 5.69 Å². The molecule has 1 rings (SSSR count). The topological polar surface area (TPSA) is 35.5 Å². The molecule has 1 aromatic rings. The molecular weight excluding hydrogens is 224 g/mol. The Bertz CT molecular complexity index is 323. The van der Waals surface area contributed by atoms with Gasteiger partial charge >= 0.3 is 0 Å². The predicted octanol–water partition coefficient (Wildman–Crippen LogP) is 2.26. The van der Waals surface area contributed by atoms with Gasteiger partial charge in [0.15, 0.2) is 0 Å². The van der Waals surface area contributed by atoms with E-state index in [4.69, 9.17) is 0 Å². The normalized spacial score (nSPS) is 14.2. The van der Waals surface area contributed by atoms with Crippen LogP contribution in [-0.2, 0) is 0 Å². The summed E-state index contributed by atoms with van der Waals surface area (Å²) in [5, 5.41) is 12.5. The molecule has 0 saturated carbocycles. The van der Waals surface area contributed by atoms with Crippen molar-refractivity contribution in [1.82, 2.24) is 5.32 Å². The van der Waals surface area contributed by atoms with Gasteiger partial charge in [-0.15, -0.1) is 0 Å². The summed E-state index contributed by atoms with van der Waals surface area (Å²) in [6, 6.07) is 10.5. The molecule has 1 unspecified atom stereocenters. The lowest BCUT2D eigenvalue weighted by atomic mass is 9.97. The number of nitrogens with zero attached hydrogens (tertiary/aromatic N) is 1. The van der Waals surface area contributed by atoms with Crippen LogP contribution >= 0.6 is 0 Å². The van der Waals surface area contributed by atoms with Crippen LogP contribution in [0.5, 0.6) is 0 Å². The zero-order valence-electron chi connectivity index (χ0n) is 11.8. The Hall–Kier alpha value is -1.06. The molecule has 0 aliphatic heterocycles. The standard InChI is InChI=1S/C15H26N2O/c1-4-17(14-9-6-5-7-10-14)12-8-11-15(2,13-18)16-3/h5-7,9-10,16,18H,4,8,11-13H2,1-3H3. The van der Waals surface area contributed by atoms with E-state index < -0.39 is 0 Å². The van der Waals surface area contributed by atoms with Crippen LogP contribution in [0.1, 0.15) is 26.7 Å². The summed E-state index contributed by atoms with van der Waals surface area (Å²) in [4.78, 5) is 2.37. The summed E-state index contributed by atoms with van der Waals surface area (Å²) < 4.78 is 0. The molecule has 0 spiro atoms. The molecule has 0 saturated heterocycles. The largest absolute Gasteiger partial charge is 0.394 e. The summed E-state index contributed by atoms with van der Waals surface area (Å²) in [6.07, 6.45) is 2.05. The highest BCUT2D eigenvalue weighted by atomic mass is 16.3. The zero-order chi connectivity index (χ0) is 13.4. The van der Waals surface area contributed by atoms with Crippen molar-refractivity contribution < 1.29 is 5.11 Å². The fourth-order valence-corrected chi connectivity index (χ4v) is 2.05. The van der Waals surface area contributed by atoms with Crippen molar-refractivity contribution in [2.24, 2.45) is 0 Å². The quantitative estimate of drug-likeness (QED) is 0.743. The van der Waals surface area contributed by atoms with Crippen molar-refractivity contribution in [3.63, 3.8) is 0 Å². The van der Waals surface area contributed by atoms with E-state index in [1.807, 2.05) is 13.1 Å². The fourth-order valence-electron chi connectivity index (χ4n) is 2.05. The third-order valence-electron chi connectivity index (χ3n) is 3.61. The highest BCUT2D eigenvalue weighted by Crippen LogP contribution is 2.16. The van der Waals surface area contributed by atoms with Crippen LogP contribution in [0.15, 0.2) is 30.3 Å². The maximum absolute atomic E-state index is 9.35. The Morgan fingerprint density at radius 3 is 2.44 bits per heavy atom. The molecular formula is C15H26N2O. The number of anilines is 1. The molecule has 3 nitrogen and oxygen atoms in total. The van der Waals surface area contributed by atoms with E-state index in [0.29, 0.717) is 0 Å². The van der Waals surface area contributed by atoms with E-state index in [1.54, 1.807) is 0 Å². The van der Waals surface area contributed by atoms with E-state index in [2.05, 4.69) is 48.3 Å². The van der Waals surface area contributed by atoms with Gasteiger partial charge in [-0.05, 0) is 45.9 Å². The number of hydrogen-bond acceptors (Lipinski definition) is 3. The second-order valence-electron chi connectivity index (χ2n) is 4.99. The highest BCUT2D eigenvalue weighted by molar-refractivity contribution is 5.45. The summed E-state index contributed by atoms with van der Waals surface area (Å²) in [7, 11) is 1.91. The average Bonchev–Trinajstić information content (AvgIpc) is 2.44. The second kappa shape index (κ2) is 7.39. The summed E-state index contributed by atoms with van der Waals surface area (Å²) in [5.74, 6) is 0. The van der Waals surface area contributed by atoms with Crippen LogP contribution < -0.4 is 10.2 Å². The van der Waals surface area contributed by atoms with Crippen molar-refractivity contribution in [3.8, 4) is 0 Å². The lowest BCUT2D eigenvalue weighted by Crippen LogP contribution is -2.43. The third-order valence-corrected chi connectivity index (χ3v) is 3.61. The monoisotopic (exact) mass is 250 g/mol. The molecule has 1 atom stereocenters. The van der Waals surface area contributed by atoms with Gasteiger partial charge in [0.05, 0.1) is 6.61 Å². The number of aliphatic hydroxyl groups excluding tert-OH is 1. The highest BCUT2D eigenvalue weighted by Gasteiger charge is 2.20. The van der Waals surface area contributed by atoms with Crippen LogP contribution in [0.2, 0.25) is 0 Å². The van der Waals surface area contributed by atoms with Gasteiger partial charge in [0.1, 0.15) is 0 Å². The molecule has 3 heteroatoms. The van der Waals surface area contributed by atoms with Gasteiger partial charge in [-0.25, -0.2) is 0 Å². The SMILES string of the molecule is CCN(CCCC(C)(CO)NC)c1ccccc1. The lowest BCUT2D eigenvalue weighted by Gasteiger charge is -2.29. The summed E-state index contributed by atoms with van der Waals surface area (Å²) in [6.45, 7) is 6.46. The molecule has 18 heavy (non-hydrogen) atoms. The van der Waals surface area contributed by atoms with Gasteiger partial charge in [0.2, 0.25) is 0 Å². The molecule has 0 fully saturated rings. The van der Waals surface area contributed by atoms with E-state index in [-0.39, 0.29) is 12.1 Å². The molecule has 0 aromatic heterocycles. The molecule has 102 valence electrons. The number of rotatable bonds is 8. The first-order valence-electron chi connectivity index (χ1n) is 6.75. The van der Waals surface area contributed by atoms with Crippen LogP contribution in [0, 0.1) is 0 Å². The van der Waals surface area contributed by atoms with Gasteiger partial charge < -0.3 is 15.3 Å². The minimum Gasteiger partial charge on any atom is -0.394 e. The Kier molecular flexibility index (Phi) is 6.16. The minimum atomic E-state index is -0.157. The summed E-state index contributed by atoms with van der Waals surface area (Å²) in [5.41, 5.74) is 1.12. The molecule has 1 aromatic carbocycles. The Labute approximate surface area is 111 Å². The average molecular weight is 250 g/mol. The molecule has 2 N–H and O–H groups in total. The van der Waals surface area contributed by atoms with Crippen molar-refractivity contribution in [2.75, 3.05) is 31.6 Å². The molecule has 0 aliphatic rings. The number of likely N-dealkylation sites (N-methyl/N-ethyl adjacent to an activating group) is 1. The number of hydrogen-bond donors (Lipinski definition) is 2. The number of nitrogens with one attached hydrogen (secondary N) is 1. The van der Waals surface area contributed by atoms with Crippen LogP contribution in [-0.4, -0.2) is 37.4 Å². The third kappa shape index (κ3) is 4.31. The van der Waals surface area contributed by atoms with Crippen molar-refractivity contribution in [3.05, 3.63) is 30.3 Å². The maximum Gasteiger partial charge on any atom is 0.0610 e. The fraction of sp³-hybridized carbons (Fsp3) is 0.600. The first-order valence-corrected chi connectivity index (χ1v) is 6.75. The number of aliphatic hydroxyl groups is 1. The second-order valence-corrected chi connectivity index (χ2v) is 4.99. The van der Waals surface area contributed by atoms with E-state index in [0.717, 1.165) is 25.9 Å². The van der Waals surface area contributed by atoms with Crippen molar-refractivity contribution in [1.29, 1.82) is 0 Å². The van der Waals surface area contributed by atoms with E-state index >= 15 is 0 Å². The van der Waals surface area contributed by atoms with E-state index in [9.17, 15) is 5.11 Å². The van der Waals surface area contributed by atoms with Gasteiger partial charge in [0.25, 0.3) is 0 Å². The van der Waals surface area contributed by atoms with Crippen LogP contribution in [0.25, 0.3) is 0 Å². The summed E-state index contributed by atoms with van der Waals surface area (Å²) >= 11 is 0. The maximum atomic E-state index is 9.35. The van der Waals surface area contributed by atoms with Crippen LogP contribution in [0.4, 0.5) is 5.69 Å². The molecule has 0 aliphatic carbocycles. The predicted molar refractivity (Wildman–Crippen MR) is 78.1 cm³/mol. The van der Waals surface area contributed by atoms with Gasteiger partial charge in [-0.3, -0.25) is 0 Å². The zero-order valence-corrected chi connectivity index (χ0v) is 11.8. The number of benzene rings is 1. The first-order chi connectivity index (χ1) is 8.65. The molecule has 0 radical (unpaired) electrons. The molecule has 0 heterocycles. The minimum absolute atomic E-state index is 0.157.